The Balaban J connectivity index is -0.0000000681. The van der Waals surface area contributed by atoms with E-state index in [2.05, 4.69) is 78.0 Å². The van der Waals surface area contributed by atoms with Crippen molar-refractivity contribution >= 4 is 22.6 Å². The Morgan fingerprint density at radius 2 is 0.476 bits per heavy atom. The van der Waals surface area contributed by atoms with Gasteiger partial charge in [0.05, 0.1) is 0 Å². The summed E-state index contributed by atoms with van der Waals surface area (Å²) in [6.45, 7) is 28.4. The lowest BCUT2D eigenvalue weighted by Crippen LogP contribution is -2.04. The Kier molecular flexibility index (Phi) is 74.6. The standard InChI is InChI=1S/C6H14.C5H11I.3C5H12O.2C4H10O2/c1-4-6(3)5-2;4*1-3-5(2)4-6;2*1-4(2-5)3-6/h6H,4-5H2,1-3H3;5H,3-4H2,1-2H3;3*5-6H,3-4H2,1-2H3;2*4-6H,2-3H2,1H3/t;4*5-;;/m.0100../s1. The molecule has 42 heavy (non-hydrogen) atoms. The molecule has 0 saturated carbocycles. The smallest absolute Gasteiger partial charge is 0.0478 e. The second-order valence-corrected chi connectivity index (χ2v) is 12.5. The lowest BCUT2D eigenvalue weighted by atomic mass is 10.1. The van der Waals surface area contributed by atoms with Gasteiger partial charge in [-0.3, -0.25) is 0 Å². The third-order valence-corrected chi connectivity index (χ3v) is 8.13. The summed E-state index contributed by atoms with van der Waals surface area (Å²) in [6.07, 6.45) is 7.22. The Bertz CT molecular complexity index is 267. The fraction of sp³-hybridized carbons (Fsp3) is 1.00. The molecule has 0 aromatic carbocycles. The van der Waals surface area contributed by atoms with Crippen LogP contribution in [-0.2, 0) is 0 Å². The van der Waals surface area contributed by atoms with E-state index in [1.807, 2.05) is 20.8 Å². The first-order chi connectivity index (χ1) is 19.7. The third kappa shape index (κ3) is 77.8. The minimum Gasteiger partial charge on any atom is -0.396 e. The summed E-state index contributed by atoms with van der Waals surface area (Å²) < 4.78 is 1.30. The number of hydrogen-bond acceptors (Lipinski definition) is 7. The normalized spacial score (nSPS) is 12.6. The van der Waals surface area contributed by atoms with Gasteiger partial charge in [-0.25, -0.2) is 0 Å². The summed E-state index contributed by atoms with van der Waals surface area (Å²) in [7, 11) is 0. The van der Waals surface area contributed by atoms with E-state index in [0.29, 0.717) is 37.6 Å². The minimum atomic E-state index is 0.0463. The molecule has 0 aromatic heterocycles. The molecular weight excluding hydrogens is 647 g/mol. The summed E-state index contributed by atoms with van der Waals surface area (Å²) in [4.78, 5) is 0. The van der Waals surface area contributed by atoms with E-state index in [9.17, 15) is 0 Å². The number of aliphatic hydroxyl groups is 7. The van der Waals surface area contributed by atoms with Gasteiger partial charge in [-0.05, 0) is 29.6 Å². The van der Waals surface area contributed by atoms with Crippen molar-refractivity contribution in [2.45, 2.75) is 129 Å². The van der Waals surface area contributed by atoms with E-state index in [-0.39, 0.29) is 38.3 Å². The molecule has 0 aliphatic heterocycles. The summed E-state index contributed by atoms with van der Waals surface area (Å²) >= 11 is 2.41. The molecular formula is C34H81IO7. The molecule has 7 nitrogen and oxygen atoms in total. The Morgan fingerprint density at radius 1 is 0.310 bits per heavy atom. The highest BCUT2D eigenvalue weighted by molar-refractivity contribution is 14.1. The Morgan fingerprint density at radius 3 is 0.476 bits per heavy atom. The van der Waals surface area contributed by atoms with Crippen LogP contribution in [0.2, 0.25) is 0 Å². The van der Waals surface area contributed by atoms with Crippen LogP contribution < -0.4 is 0 Å². The van der Waals surface area contributed by atoms with Gasteiger partial charge in [0.25, 0.3) is 0 Å². The summed E-state index contributed by atoms with van der Waals surface area (Å²) in [5.41, 5.74) is 0. The topological polar surface area (TPSA) is 142 Å². The molecule has 0 spiro atoms. The van der Waals surface area contributed by atoms with E-state index in [1.165, 1.54) is 23.7 Å². The van der Waals surface area contributed by atoms with E-state index in [0.717, 1.165) is 31.1 Å². The predicted molar refractivity (Wildman–Crippen MR) is 194 cm³/mol. The molecule has 0 fully saturated rings. The van der Waals surface area contributed by atoms with Crippen LogP contribution in [0.4, 0.5) is 0 Å². The number of halogens is 1. The monoisotopic (exact) mass is 729 g/mol. The zero-order valence-corrected chi connectivity index (χ0v) is 32.6. The highest BCUT2D eigenvalue weighted by atomic mass is 127. The molecule has 0 aromatic rings. The van der Waals surface area contributed by atoms with Crippen molar-refractivity contribution in [3.63, 3.8) is 0 Å². The molecule has 266 valence electrons. The first-order valence-electron chi connectivity index (χ1n) is 16.5. The summed E-state index contributed by atoms with van der Waals surface area (Å²) in [5.74, 6) is 3.42. The largest absolute Gasteiger partial charge is 0.396 e. The number of alkyl halides is 1. The molecule has 0 radical (unpaired) electrons. The van der Waals surface area contributed by atoms with Crippen molar-refractivity contribution in [3.05, 3.63) is 0 Å². The van der Waals surface area contributed by atoms with Gasteiger partial charge >= 0.3 is 0 Å². The fourth-order valence-electron chi connectivity index (χ4n) is 0.901. The quantitative estimate of drug-likeness (QED) is 0.0742. The molecule has 8 heteroatoms. The van der Waals surface area contributed by atoms with Crippen LogP contribution in [0, 0.1) is 41.4 Å². The molecule has 0 aliphatic rings. The van der Waals surface area contributed by atoms with Crippen LogP contribution in [0.1, 0.15) is 129 Å². The van der Waals surface area contributed by atoms with Crippen LogP contribution >= 0.6 is 22.6 Å². The van der Waals surface area contributed by atoms with Crippen molar-refractivity contribution in [3.8, 4) is 0 Å². The first-order valence-corrected chi connectivity index (χ1v) is 18.0. The second kappa shape index (κ2) is 54.0. The van der Waals surface area contributed by atoms with Crippen LogP contribution in [0.5, 0.6) is 0 Å². The average molecular weight is 729 g/mol. The SMILES string of the molecule is CC(CO)CO.CC(CO)CO.CCC(C)CC.CC[C@@H](C)CO.CC[C@H](C)CI.CC[C@H](C)CO.CC[C@H](C)CO. The fourth-order valence-corrected chi connectivity index (χ4v) is 1.52. The molecule has 4 atom stereocenters. The average Bonchev–Trinajstić information content (AvgIpc) is 3.06. The lowest BCUT2D eigenvalue weighted by Gasteiger charge is -1.98. The van der Waals surface area contributed by atoms with Gasteiger partial charge in [0.2, 0.25) is 0 Å². The molecule has 0 rings (SSSR count). The maximum absolute atomic E-state index is 8.33. The van der Waals surface area contributed by atoms with Gasteiger partial charge in [0.15, 0.2) is 0 Å². The Labute approximate surface area is 278 Å². The zero-order chi connectivity index (χ0) is 34.9. The molecule has 0 amide bonds. The van der Waals surface area contributed by atoms with Gasteiger partial charge in [0, 0.05) is 62.5 Å². The maximum atomic E-state index is 8.33. The van der Waals surface area contributed by atoms with E-state index in [1.54, 1.807) is 13.8 Å². The van der Waals surface area contributed by atoms with Crippen molar-refractivity contribution in [1.82, 2.24) is 0 Å². The van der Waals surface area contributed by atoms with E-state index in [4.69, 9.17) is 35.7 Å². The van der Waals surface area contributed by atoms with Crippen molar-refractivity contribution in [2.75, 3.05) is 50.7 Å². The highest BCUT2D eigenvalue weighted by Gasteiger charge is 1.93. The molecule has 0 saturated heterocycles. The van der Waals surface area contributed by atoms with Gasteiger partial charge < -0.3 is 35.7 Å². The van der Waals surface area contributed by atoms with Crippen LogP contribution in [-0.4, -0.2) is 86.4 Å². The molecule has 0 unspecified atom stereocenters. The second-order valence-electron chi connectivity index (χ2n) is 11.6. The van der Waals surface area contributed by atoms with Crippen molar-refractivity contribution in [2.24, 2.45) is 41.4 Å². The molecule has 0 aliphatic carbocycles. The van der Waals surface area contributed by atoms with Crippen LogP contribution in [0.15, 0.2) is 0 Å². The Hall–Kier alpha value is 0.450. The zero-order valence-electron chi connectivity index (χ0n) is 30.4. The number of aliphatic hydroxyl groups excluding tert-OH is 7. The summed E-state index contributed by atoms with van der Waals surface area (Å²) in [6, 6.07) is 0. The van der Waals surface area contributed by atoms with Gasteiger partial charge in [0.1, 0.15) is 0 Å². The maximum Gasteiger partial charge on any atom is 0.0478 e. The lowest BCUT2D eigenvalue weighted by molar-refractivity contribution is 0.161. The molecule has 0 bridgehead atoms. The predicted octanol–water partition coefficient (Wildman–Crippen LogP) is 7.20. The van der Waals surface area contributed by atoms with Crippen molar-refractivity contribution < 1.29 is 35.7 Å². The van der Waals surface area contributed by atoms with Gasteiger partial charge in [-0.1, -0.05) is 151 Å². The third-order valence-electron chi connectivity index (χ3n) is 6.63. The molecule has 7 N–H and O–H groups in total. The van der Waals surface area contributed by atoms with E-state index < -0.39 is 0 Å². The van der Waals surface area contributed by atoms with Crippen molar-refractivity contribution in [1.29, 1.82) is 0 Å². The molecule has 0 heterocycles. The first kappa shape index (κ1) is 58.0. The van der Waals surface area contributed by atoms with Crippen LogP contribution in [0.3, 0.4) is 0 Å². The summed E-state index contributed by atoms with van der Waals surface area (Å²) in [5, 5.41) is 57.7. The van der Waals surface area contributed by atoms with Gasteiger partial charge in [-0.2, -0.15) is 0 Å². The number of rotatable bonds is 14. The van der Waals surface area contributed by atoms with Gasteiger partial charge in [-0.15, -0.1) is 0 Å². The van der Waals surface area contributed by atoms with Crippen LogP contribution in [0.25, 0.3) is 0 Å². The minimum absolute atomic E-state index is 0.0463. The number of hydrogen-bond donors (Lipinski definition) is 7. The van der Waals surface area contributed by atoms with E-state index >= 15 is 0 Å². The highest BCUT2D eigenvalue weighted by Crippen LogP contribution is 2.03.